The van der Waals surface area contributed by atoms with E-state index in [0.29, 0.717) is 0 Å². The lowest BCUT2D eigenvalue weighted by atomic mass is 9.90. The van der Waals surface area contributed by atoms with Crippen molar-refractivity contribution in [3.05, 3.63) is 23.3 Å². The molecule has 16 heavy (non-hydrogen) atoms. The first-order valence-corrected chi connectivity index (χ1v) is 6.78. The summed E-state index contributed by atoms with van der Waals surface area (Å²) in [4.78, 5) is 0.0706. The fourth-order valence-electron chi connectivity index (χ4n) is 2.31. The molecule has 1 aromatic carbocycles. The van der Waals surface area contributed by atoms with Crippen molar-refractivity contribution in [2.45, 2.75) is 30.6 Å². The van der Waals surface area contributed by atoms with Crippen LogP contribution in [0, 0.1) is 0 Å². The number of rotatable bonds is 2. The molecule has 0 atom stereocenters. The van der Waals surface area contributed by atoms with Crippen LogP contribution >= 0.6 is 0 Å². The van der Waals surface area contributed by atoms with Gasteiger partial charge in [0.2, 0.25) is 0 Å². The van der Waals surface area contributed by atoms with Gasteiger partial charge in [-0.05, 0) is 48.9 Å². The van der Waals surface area contributed by atoms with E-state index in [-0.39, 0.29) is 4.90 Å². The molecule has 0 unspecified atom stereocenters. The van der Waals surface area contributed by atoms with Gasteiger partial charge in [0.05, 0.1) is 4.90 Å². The first-order chi connectivity index (χ1) is 7.54. The minimum absolute atomic E-state index is 0.0706. The maximum atomic E-state index is 11.2. The SMILES string of the molecule is CNc1ccc(S(=O)(=O)O)c2c1CCCC2. The number of hydrogen-bond donors (Lipinski definition) is 2. The van der Waals surface area contributed by atoms with Crippen LogP contribution in [0.15, 0.2) is 17.0 Å². The van der Waals surface area contributed by atoms with Gasteiger partial charge in [0.25, 0.3) is 10.1 Å². The molecule has 0 radical (unpaired) electrons. The molecule has 0 aliphatic heterocycles. The van der Waals surface area contributed by atoms with Crippen LogP contribution in [0.3, 0.4) is 0 Å². The smallest absolute Gasteiger partial charge is 0.294 e. The minimum Gasteiger partial charge on any atom is -0.388 e. The molecule has 2 rings (SSSR count). The first kappa shape index (κ1) is 11.4. The zero-order valence-electron chi connectivity index (χ0n) is 9.16. The zero-order valence-corrected chi connectivity index (χ0v) is 9.97. The Bertz CT molecular complexity index is 508. The number of benzene rings is 1. The molecular formula is C11H15NO3S. The minimum atomic E-state index is -4.10. The summed E-state index contributed by atoms with van der Waals surface area (Å²) in [5.74, 6) is 0. The number of hydrogen-bond acceptors (Lipinski definition) is 3. The Hall–Kier alpha value is -1.07. The van der Waals surface area contributed by atoms with Crippen molar-refractivity contribution >= 4 is 15.8 Å². The predicted molar refractivity (Wildman–Crippen MR) is 62.4 cm³/mol. The van der Waals surface area contributed by atoms with Crippen molar-refractivity contribution in [2.75, 3.05) is 12.4 Å². The Labute approximate surface area is 95.4 Å². The van der Waals surface area contributed by atoms with Gasteiger partial charge in [0, 0.05) is 12.7 Å². The summed E-state index contributed by atoms with van der Waals surface area (Å²) in [6, 6.07) is 3.19. The molecular weight excluding hydrogens is 226 g/mol. The third kappa shape index (κ3) is 1.92. The van der Waals surface area contributed by atoms with Crippen molar-refractivity contribution in [3.63, 3.8) is 0 Å². The highest BCUT2D eigenvalue weighted by molar-refractivity contribution is 7.85. The Morgan fingerprint density at radius 3 is 2.38 bits per heavy atom. The van der Waals surface area contributed by atoms with E-state index in [0.717, 1.165) is 42.5 Å². The van der Waals surface area contributed by atoms with Gasteiger partial charge in [0.1, 0.15) is 0 Å². The van der Waals surface area contributed by atoms with Crippen LogP contribution in [-0.2, 0) is 23.0 Å². The summed E-state index contributed by atoms with van der Waals surface area (Å²) in [5.41, 5.74) is 2.77. The van der Waals surface area contributed by atoms with Crippen LogP contribution in [0.2, 0.25) is 0 Å². The van der Waals surface area contributed by atoms with Crippen LogP contribution in [0.4, 0.5) is 5.69 Å². The highest BCUT2D eigenvalue weighted by Gasteiger charge is 2.22. The summed E-state index contributed by atoms with van der Waals surface area (Å²) in [6.07, 6.45) is 3.63. The standard InChI is InChI=1S/C11H15NO3S/c1-12-10-6-7-11(16(13,14)15)9-5-3-2-4-8(9)10/h6-7,12H,2-5H2,1H3,(H,13,14,15). The molecule has 1 aromatic rings. The average Bonchev–Trinajstić information content (AvgIpc) is 2.26. The molecule has 0 spiro atoms. The van der Waals surface area contributed by atoms with Gasteiger partial charge in [-0.1, -0.05) is 0 Å². The molecule has 0 amide bonds. The Morgan fingerprint density at radius 1 is 1.19 bits per heavy atom. The van der Waals surface area contributed by atoms with Gasteiger partial charge in [-0.3, -0.25) is 4.55 Å². The fourth-order valence-corrected chi connectivity index (χ4v) is 3.09. The third-order valence-electron chi connectivity index (χ3n) is 3.04. The fraction of sp³-hybridized carbons (Fsp3) is 0.455. The van der Waals surface area contributed by atoms with Crippen molar-refractivity contribution in [1.29, 1.82) is 0 Å². The first-order valence-electron chi connectivity index (χ1n) is 5.34. The maximum Gasteiger partial charge on any atom is 0.294 e. The highest BCUT2D eigenvalue weighted by Crippen LogP contribution is 2.32. The number of fused-ring (bicyclic) bond motifs is 1. The molecule has 0 heterocycles. The molecule has 0 bridgehead atoms. The molecule has 0 aromatic heterocycles. The van der Waals surface area contributed by atoms with Crippen LogP contribution in [-0.4, -0.2) is 20.0 Å². The van der Waals surface area contributed by atoms with Gasteiger partial charge in [-0.2, -0.15) is 8.42 Å². The second kappa shape index (κ2) is 4.07. The molecule has 1 aliphatic rings. The van der Waals surface area contributed by atoms with E-state index >= 15 is 0 Å². The van der Waals surface area contributed by atoms with E-state index in [1.54, 1.807) is 6.07 Å². The normalized spacial score (nSPS) is 15.6. The molecule has 0 saturated carbocycles. The van der Waals surface area contributed by atoms with Crippen molar-refractivity contribution in [1.82, 2.24) is 0 Å². The van der Waals surface area contributed by atoms with Gasteiger partial charge in [0.15, 0.2) is 0 Å². The second-order valence-electron chi connectivity index (χ2n) is 4.00. The number of nitrogens with one attached hydrogen (secondary N) is 1. The van der Waals surface area contributed by atoms with E-state index in [1.165, 1.54) is 6.07 Å². The molecule has 2 N–H and O–H groups in total. The molecule has 0 fully saturated rings. The van der Waals surface area contributed by atoms with E-state index in [4.69, 9.17) is 4.55 Å². The summed E-state index contributed by atoms with van der Waals surface area (Å²) in [7, 11) is -2.28. The van der Waals surface area contributed by atoms with Gasteiger partial charge in [-0.25, -0.2) is 0 Å². The van der Waals surface area contributed by atoms with Crippen LogP contribution in [0.5, 0.6) is 0 Å². The summed E-state index contributed by atoms with van der Waals surface area (Å²) >= 11 is 0. The summed E-state index contributed by atoms with van der Waals surface area (Å²) in [6.45, 7) is 0. The Balaban J connectivity index is 2.66. The van der Waals surface area contributed by atoms with E-state index < -0.39 is 10.1 Å². The monoisotopic (exact) mass is 241 g/mol. The van der Waals surface area contributed by atoms with Crippen LogP contribution in [0.25, 0.3) is 0 Å². The van der Waals surface area contributed by atoms with Crippen LogP contribution in [0.1, 0.15) is 24.0 Å². The molecule has 4 nitrogen and oxygen atoms in total. The Kier molecular flexibility index (Phi) is 2.90. The van der Waals surface area contributed by atoms with Crippen LogP contribution < -0.4 is 5.32 Å². The van der Waals surface area contributed by atoms with Crippen molar-refractivity contribution in [3.8, 4) is 0 Å². The topological polar surface area (TPSA) is 66.4 Å². The van der Waals surface area contributed by atoms with Gasteiger partial charge in [-0.15, -0.1) is 0 Å². The summed E-state index contributed by atoms with van der Waals surface area (Å²) < 4.78 is 31.6. The lowest BCUT2D eigenvalue weighted by molar-refractivity contribution is 0.481. The van der Waals surface area contributed by atoms with E-state index in [2.05, 4.69) is 5.32 Å². The summed E-state index contributed by atoms with van der Waals surface area (Å²) in [5, 5.41) is 3.06. The molecule has 5 heteroatoms. The van der Waals surface area contributed by atoms with Gasteiger partial charge < -0.3 is 5.32 Å². The van der Waals surface area contributed by atoms with Crippen molar-refractivity contribution in [2.24, 2.45) is 0 Å². The Morgan fingerprint density at radius 2 is 1.81 bits per heavy atom. The number of anilines is 1. The molecule has 0 saturated heterocycles. The lowest BCUT2D eigenvalue weighted by Crippen LogP contribution is -2.12. The largest absolute Gasteiger partial charge is 0.388 e. The van der Waals surface area contributed by atoms with E-state index in [9.17, 15) is 8.42 Å². The maximum absolute atomic E-state index is 11.2. The second-order valence-corrected chi connectivity index (χ2v) is 5.39. The quantitative estimate of drug-likeness (QED) is 0.775. The van der Waals surface area contributed by atoms with Crippen molar-refractivity contribution < 1.29 is 13.0 Å². The molecule has 1 aliphatic carbocycles. The lowest BCUT2D eigenvalue weighted by Gasteiger charge is -2.21. The predicted octanol–water partition coefficient (Wildman–Crippen LogP) is 1.85. The zero-order chi connectivity index (χ0) is 11.8. The average molecular weight is 241 g/mol. The molecule has 88 valence electrons. The van der Waals surface area contributed by atoms with Gasteiger partial charge >= 0.3 is 0 Å². The highest BCUT2D eigenvalue weighted by atomic mass is 32.2. The van der Waals surface area contributed by atoms with E-state index in [1.807, 2.05) is 7.05 Å². The third-order valence-corrected chi connectivity index (χ3v) is 3.98.